The fraction of sp³-hybridized carbons (Fsp3) is 0.286. The summed E-state index contributed by atoms with van der Waals surface area (Å²) in [6.45, 7) is -0.249. The Bertz CT molecular complexity index is 694. The minimum Gasteiger partial charge on any atom is -0.391 e. The summed E-state index contributed by atoms with van der Waals surface area (Å²) in [5, 5.41) is 10.9. The van der Waals surface area contributed by atoms with E-state index in [1.165, 1.54) is 11.3 Å². The van der Waals surface area contributed by atoms with Gasteiger partial charge in [-0.3, -0.25) is 0 Å². The number of hydrogen-bond acceptors (Lipinski definition) is 4. The molecule has 2 N–H and O–H groups in total. The van der Waals surface area contributed by atoms with Gasteiger partial charge in [-0.05, 0) is 23.4 Å². The van der Waals surface area contributed by atoms with Gasteiger partial charge in [-0.15, -0.1) is 11.3 Å². The summed E-state index contributed by atoms with van der Waals surface area (Å²) in [4.78, 5) is 0.679. The molecule has 1 aromatic heterocycles. The first-order valence-corrected chi connectivity index (χ1v) is 8.72. The maximum Gasteiger partial charge on any atom is 0.242 e. The summed E-state index contributed by atoms with van der Waals surface area (Å²) in [5.74, 6) is 0.252. The highest BCUT2D eigenvalue weighted by Crippen LogP contribution is 2.41. The fourth-order valence-electron chi connectivity index (χ4n) is 2.34. The number of hydrogen-bond donors (Lipinski definition) is 2. The van der Waals surface area contributed by atoms with Crippen molar-refractivity contribution in [3.8, 4) is 0 Å². The van der Waals surface area contributed by atoms with Gasteiger partial charge >= 0.3 is 0 Å². The van der Waals surface area contributed by atoms with E-state index in [4.69, 9.17) is 5.11 Å². The highest BCUT2D eigenvalue weighted by Gasteiger charge is 2.41. The van der Waals surface area contributed by atoms with Crippen LogP contribution in [0.4, 0.5) is 0 Å². The van der Waals surface area contributed by atoms with Gasteiger partial charge in [0.2, 0.25) is 10.0 Å². The van der Waals surface area contributed by atoms with Crippen LogP contribution in [0.5, 0.6) is 0 Å². The highest BCUT2D eigenvalue weighted by molar-refractivity contribution is 7.89. The second-order valence-electron chi connectivity index (χ2n) is 4.85. The topological polar surface area (TPSA) is 66.4 Å². The van der Waals surface area contributed by atoms with Crippen LogP contribution in [0, 0.1) is 0 Å². The molecule has 1 heterocycles. The molecule has 6 heteroatoms. The van der Waals surface area contributed by atoms with Crippen LogP contribution >= 0.6 is 11.3 Å². The average molecular weight is 309 g/mol. The number of aliphatic hydroxyl groups is 1. The third-order valence-corrected chi connectivity index (χ3v) is 6.07. The van der Waals surface area contributed by atoms with Gasteiger partial charge in [0, 0.05) is 16.8 Å². The summed E-state index contributed by atoms with van der Waals surface area (Å²) < 4.78 is 27.3. The van der Waals surface area contributed by atoms with E-state index in [0.717, 1.165) is 12.0 Å². The molecule has 106 valence electrons. The lowest BCUT2D eigenvalue weighted by Gasteiger charge is -2.06. The molecule has 20 heavy (non-hydrogen) atoms. The molecule has 1 aliphatic carbocycles. The zero-order valence-electron chi connectivity index (χ0n) is 10.7. The van der Waals surface area contributed by atoms with Gasteiger partial charge in [0.15, 0.2) is 0 Å². The zero-order chi connectivity index (χ0) is 14.2. The standard InChI is InChI=1S/C14H15NO3S2/c16-9-13-14(6-7-19-13)20(17,18)15-12-8-11(12)10-4-2-1-3-5-10/h1-7,11-12,15-16H,8-9H2. The predicted octanol–water partition coefficient (Wildman–Crippen LogP) is 2.07. The molecule has 0 aliphatic heterocycles. The van der Waals surface area contributed by atoms with Gasteiger partial charge in [0.25, 0.3) is 0 Å². The van der Waals surface area contributed by atoms with Crippen LogP contribution in [-0.4, -0.2) is 19.6 Å². The lowest BCUT2D eigenvalue weighted by molar-refractivity contribution is 0.282. The minimum absolute atomic E-state index is 0.0474. The molecule has 2 aromatic rings. The van der Waals surface area contributed by atoms with E-state index in [1.54, 1.807) is 11.4 Å². The molecule has 3 rings (SSSR count). The van der Waals surface area contributed by atoms with Crippen molar-refractivity contribution < 1.29 is 13.5 Å². The lowest BCUT2D eigenvalue weighted by atomic mass is 10.1. The summed E-state index contributed by atoms with van der Waals surface area (Å²) in [7, 11) is -3.54. The predicted molar refractivity (Wildman–Crippen MR) is 78.2 cm³/mol. The Labute approximate surface area is 122 Å². The number of sulfonamides is 1. The van der Waals surface area contributed by atoms with Crippen molar-refractivity contribution >= 4 is 21.4 Å². The SMILES string of the molecule is O=S(=O)(NC1CC1c1ccccc1)c1ccsc1CO. The molecule has 0 amide bonds. The van der Waals surface area contributed by atoms with Crippen molar-refractivity contribution in [3.05, 3.63) is 52.2 Å². The first kappa shape index (κ1) is 13.8. The Morgan fingerprint density at radius 3 is 2.70 bits per heavy atom. The molecule has 1 saturated carbocycles. The van der Waals surface area contributed by atoms with Crippen LogP contribution in [0.3, 0.4) is 0 Å². The van der Waals surface area contributed by atoms with Gasteiger partial charge in [0.1, 0.15) is 0 Å². The van der Waals surface area contributed by atoms with Gasteiger partial charge in [-0.1, -0.05) is 30.3 Å². The van der Waals surface area contributed by atoms with Crippen LogP contribution in [0.1, 0.15) is 22.8 Å². The summed E-state index contributed by atoms with van der Waals surface area (Å²) >= 11 is 1.25. The maximum atomic E-state index is 12.3. The molecular weight excluding hydrogens is 294 g/mol. The second kappa shape index (κ2) is 5.29. The smallest absolute Gasteiger partial charge is 0.242 e. The number of nitrogens with one attached hydrogen (secondary N) is 1. The normalized spacial score (nSPS) is 21.9. The summed E-state index contributed by atoms with van der Waals surface area (Å²) in [6.07, 6.45) is 0.821. The molecule has 1 aromatic carbocycles. The third kappa shape index (κ3) is 2.64. The molecule has 2 atom stereocenters. The lowest BCUT2D eigenvalue weighted by Crippen LogP contribution is -2.27. The van der Waals surface area contributed by atoms with Crippen LogP contribution in [-0.2, 0) is 16.6 Å². The summed E-state index contributed by atoms with van der Waals surface area (Å²) in [5.41, 5.74) is 1.16. The van der Waals surface area contributed by atoms with E-state index >= 15 is 0 Å². The van der Waals surface area contributed by atoms with E-state index in [1.807, 2.05) is 30.3 Å². The number of thiophene rings is 1. The van der Waals surface area contributed by atoms with Crippen LogP contribution < -0.4 is 4.72 Å². The van der Waals surface area contributed by atoms with E-state index in [2.05, 4.69) is 4.72 Å². The van der Waals surface area contributed by atoms with Gasteiger partial charge in [0.05, 0.1) is 11.5 Å². The van der Waals surface area contributed by atoms with E-state index in [0.29, 0.717) is 4.88 Å². The molecular formula is C14H15NO3S2. The first-order valence-electron chi connectivity index (χ1n) is 6.36. The first-order chi connectivity index (χ1) is 9.62. The Hall–Kier alpha value is -1.21. The Balaban J connectivity index is 1.73. The Kier molecular flexibility index (Phi) is 3.64. The molecule has 1 fully saturated rings. The third-order valence-electron chi connectivity index (χ3n) is 3.46. The molecule has 0 radical (unpaired) electrons. The Morgan fingerprint density at radius 2 is 2.00 bits per heavy atom. The van der Waals surface area contributed by atoms with Crippen molar-refractivity contribution in [2.24, 2.45) is 0 Å². The molecule has 0 saturated heterocycles. The summed E-state index contributed by atoms with van der Waals surface area (Å²) in [6, 6.07) is 11.4. The van der Waals surface area contributed by atoms with Crippen molar-refractivity contribution in [1.82, 2.24) is 4.72 Å². The van der Waals surface area contributed by atoms with Crippen molar-refractivity contribution in [1.29, 1.82) is 0 Å². The van der Waals surface area contributed by atoms with Gasteiger partial charge in [-0.25, -0.2) is 13.1 Å². The number of aliphatic hydroxyl groups excluding tert-OH is 1. The number of rotatable bonds is 5. The van der Waals surface area contributed by atoms with E-state index in [-0.39, 0.29) is 23.5 Å². The molecule has 0 spiro atoms. The van der Waals surface area contributed by atoms with Gasteiger partial charge < -0.3 is 5.11 Å². The van der Waals surface area contributed by atoms with E-state index in [9.17, 15) is 8.42 Å². The Morgan fingerprint density at radius 1 is 1.25 bits per heavy atom. The second-order valence-corrected chi connectivity index (χ2v) is 7.53. The van der Waals surface area contributed by atoms with Crippen LogP contribution in [0.15, 0.2) is 46.7 Å². The van der Waals surface area contributed by atoms with Crippen molar-refractivity contribution in [2.75, 3.05) is 0 Å². The highest BCUT2D eigenvalue weighted by atomic mass is 32.2. The molecule has 0 bridgehead atoms. The average Bonchev–Trinajstić information content (AvgIpc) is 3.02. The monoisotopic (exact) mass is 309 g/mol. The van der Waals surface area contributed by atoms with E-state index < -0.39 is 10.0 Å². The molecule has 4 nitrogen and oxygen atoms in total. The molecule has 2 unspecified atom stereocenters. The van der Waals surface area contributed by atoms with Crippen LogP contribution in [0.25, 0.3) is 0 Å². The quantitative estimate of drug-likeness (QED) is 0.888. The largest absolute Gasteiger partial charge is 0.391 e. The zero-order valence-corrected chi connectivity index (χ0v) is 12.3. The van der Waals surface area contributed by atoms with Crippen LogP contribution in [0.2, 0.25) is 0 Å². The maximum absolute atomic E-state index is 12.3. The van der Waals surface area contributed by atoms with Crippen molar-refractivity contribution in [2.45, 2.75) is 29.9 Å². The number of benzene rings is 1. The minimum atomic E-state index is -3.54. The molecule has 1 aliphatic rings. The van der Waals surface area contributed by atoms with Gasteiger partial charge in [-0.2, -0.15) is 0 Å². The fourth-order valence-corrected chi connectivity index (χ4v) is 4.92. The van der Waals surface area contributed by atoms with Crippen molar-refractivity contribution in [3.63, 3.8) is 0 Å².